The number of pyridine rings is 1. The standard InChI is InChI=1S/C22H17ClFN7O3/c1-11-16(26-10-34-11)8-30-22(33)31-20(29-30)18(13-6-15(9-32)27-17(23)7-13)19(28-21(31)25)12-2-4-14(24)5-3-12/h2-7,10,32H,8-9H2,1H3,(H2,25,28)/p+1. The summed E-state index contributed by atoms with van der Waals surface area (Å²) in [5, 5.41) is 14.3. The first kappa shape index (κ1) is 21.7. The molecule has 4 N–H and O–H groups in total. The van der Waals surface area contributed by atoms with E-state index in [1.54, 1.807) is 31.2 Å². The lowest BCUT2D eigenvalue weighted by molar-refractivity contribution is -0.351. The van der Waals surface area contributed by atoms with Gasteiger partial charge in [0.05, 0.1) is 24.4 Å². The van der Waals surface area contributed by atoms with Crippen LogP contribution in [0.1, 0.15) is 17.1 Å². The van der Waals surface area contributed by atoms with Crippen molar-refractivity contribution in [2.45, 2.75) is 20.1 Å². The summed E-state index contributed by atoms with van der Waals surface area (Å²) in [5.41, 5.74) is 8.90. The van der Waals surface area contributed by atoms with Gasteiger partial charge in [0, 0.05) is 5.56 Å². The fourth-order valence-electron chi connectivity index (χ4n) is 3.75. The Morgan fingerprint density at radius 1 is 1.24 bits per heavy atom. The Labute approximate surface area is 196 Å². The number of benzene rings is 1. The molecule has 0 fully saturated rings. The number of anilines is 1. The summed E-state index contributed by atoms with van der Waals surface area (Å²) >= 11 is 6.21. The van der Waals surface area contributed by atoms with Crippen molar-refractivity contribution in [3.05, 3.63) is 81.4 Å². The summed E-state index contributed by atoms with van der Waals surface area (Å²) < 4.78 is 21.3. The van der Waals surface area contributed by atoms with E-state index in [9.17, 15) is 14.3 Å². The number of aliphatic hydroxyl groups is 1. The van der Waals surface area contributed by atoms with Crippen LogP contribution in [0, 0.1) is 12.7 Å². The Hall–Kier alpha value is -4.09. The molecule has 10 nitrogen and oxygen atoms in total. The number of aliphatic hydroxyl groups excluding tert-OH is 1. The van der Waals surface area contributed by atoms with Gasteiger partial charge in [-0.1, -0.05) is 11.6 Å². The first-order valence-electron chi connectivity index (χ1n) is 10.1. The molecule has 0 bridgehead atoms. The van der Waals surface area contributed by atoms with E-state index in [0.29, 0.717) is 39.5 Å². The number of nitrogen functional groups attached to an aromatic ring is 1. The van der Waals surface area contributed by atoms with E-state index in [4.69, 9.17) is 21.8 Å². The zero-order chi connectivity index (χ0) is 24.0. The van der Waals surface area contributed by atoms with Gasteiger partial charge >= 0.3 is 11.6 Å². The number of nitrogens with two attached hydrogens (primary N) is 1. The van der Waals surface area contributed by atoms with E-state index in [1.165, 1.54) is 27.6 Å². The number of aromatic amines is 1. The molecule has 0 aliphatic heterocycles. The van der Waals surface area contributed by atoms with Gasteiger partial charge in [-0.05, 0) is 48.9 Å². The predicted octanol–water partition coefficient (Wildman–Crippen LogP) is 2.25. The van der Waals surface area contributed by atoms with Crippen molar-refractivity contribution in [1.82, 2.24) is 24.1 Å². The zero-order valence-corrected chi connectivity index (χ0v) is 18.5. The topological polar surface area (TPSA) is 139 Å². The van der Waals surface area contributed by atoms with Gasteiger partial charge in [0.25, 0.3) is 0 Å². The Kier molecular flexibility index (Phi) is 5.34. The van der Waals surface area contributed by atoms with Crippen LogP contribution >= 0.6 is 11.6 Å². The molecule has 5 aromatic rings. The van der Waals surface area contributed by atoms with E-state index in [2.05, 4.69) is 20.1 Å². The van der Waals surface area contributed by atoms with Gasteiger partial charge in [0.15, 0.2) is 6.39 Å². The Bertz CT molecular complexity index is 1590. The highest BCUT2D eigenvalue weighted by Gasteiger charge is 2.26. The number of nitrogens with zero attached hydrogens (tertiary/aromatic N) is 5. The van der Waals surface area contributed by atoms with Crippen LogP contribution < -0.4 is 16.4 Å². The average Bonchev–Trinajstić information content (AvgIpc) is 3.36. The smallest absolute Gasteiger partial charge is 0.411 e. The summed E-state index contributed by atoms with van der Waals surface area (Å²) in [5.74, 6) is 0.176. The van der Waals surface area contributed by atoms with Crippen molar-refractivity contribution in [3.8, 4) is 22.4 Å². The van der Waals surface area contributed by atoms with E-state index in [0.717, 1.165) is 0 Å². The number of aromatic nitrogens is 6. The van der Waals surface area contributed by atoms with Crippen LogP contribution in [0.3, 0.4) is 0 Å². The normalized spacial score (nSPS) is 11.4. The monoisotopic (exact) mass is 482 g/mol. The number of rotatable bonds is 5. The Morgan fingerprint density at radius 3 is 2.68 bits per heavy atom. The maximum atomic E-state index is 13.6. The molecule has 4 aromatic heterocycles. The molecule has 0 saturated heterocycles. The number of fused-ring (bicyclic) bond motifs is 1. The number of H-pyrrole nitrogens is 1. The fraction of sp³-hybridized carbons (Fsp3) is 0.136. The minimum absolute atomic E-state index is 0.0220. The van der Waals surface area contributed by atoms with E-state index in [1.807, 2.05) is 0 Å². The molecule has 172 valence electrons. The van der Waals surface area contributed by atoms with Gasteiger partial charge in [0.1, 0.15) is 28.1 Å². The molecule has 0 radical (unpaired) electrons. The number of oxazole rings is 1. The lowest BCUT2D eigenvalue weighted by Crippen LogP contribution is -2.28. The van der Waals surface area contributed by atoms with Crippen molar-refractivity contribution in [3.63, 3.8) is 0 Å². The summed E-state index contributed by atoms with van der Waals surface area (Å²) in [6, 6.07) is 8.98. The quantitative estimate of drug-likeness (QED) is 0.366. The van der Waals surface area contributed by atoms with Crippen LogP contribution in [0.5, 0.6) is 0 Å². The van der Waals surface area contributed by atoms with E-state index >= 15 is 0 Å². The van der Waals surface area contributed by atoms with Crippen molar-refractivity contribution in [1.29, 1.82) is 0 Å². The molecule has 5 rings (SSSR count). The number of hydrogen-bond acceptors (Lipinski definition) is 7. The lowest BCUT2D eigenvalue weighted by atomic mass is 10.00. The third-order valence-electron chi connectivity index (χ3n) is 5.38. The van der Waals surface area contributed by atoms with Crippen LogP contribution in [-0.2, 0) is 13.2 Å². The van der Waals surface area contributed by atoms with Crippen LogP contribution in [0.25, 0.3) is 28.0 Å². The second-order valence-electron chi connectivity index (χ2n) is 7.55. The van der Waals surface area contributed by atoms with Crippen LogP contribution in [0.2, 0.25) is 5.15 Å². The highest BCUT2D eigenvalue weighted by Crippen LogP contribution is 2.34. The zero-order valence-electron chi connectivity index (χ0n) is 17.8. The van der Waals surface area contributed by atoms with Gasteiger partial charge < -0.3 is 9.52 Å². The molecule has 0 amide bonds. The lowest BCUT2D eigenvalue weighted by Gasteiger charge is -2.10. The minimum Gasteiger partial charge on any atom is -0.448 e. The number of nitrogens with one attached hydrogen (secondary N) is 1. The molecule has 0 aliphatic rings. The first-order chi connectivity index (χ1) is 16.4. The van der Waals surface area contributed by atoms with Gasteiger partial charge in [-0.3, -0.25) is 5.73 Å². The molecule has 34 heavy (non-hydrogen) atoms. The summed E-state index contributed by atoms with van der Waals surface area (Å²) in [6.45, 7) is 1.45. The predicted molar refractivity (Wildman–Crippen MR) is 120 cm³/mol. The van der Waals surface area contributed by atoms with Crippen LogP contribution in [0.4, 0.5) is 10.3 Å². The third kappa shape index (κ3) is 3.70. The van der Waals surface area contributed by atoms with Gasteiger partial charge in [-0.25, -0.2) is 24.1 Å². The molecule has 0 unspecified atom stereocenters. The maximum Gasteiger partial charge on any atom is 0.411 e. The average molecular weight is 483 g/mol. The highest BCUT2D eigenvalue weighted by molar-refractivity contribution is 6.29. The Balaban J connectivity index is 1.84. The third-order valence-corrected chi connectivity index (χ3v) is 5.58. The van der Waals surface area contributed by atoms with Gasteiger partial charge in [-0.15, -0.1) is 9.50 Å². The van der Waals surface area contributed by atoms with Crippen LogP contribution in [-0.4, -0.2) is 29.3 Å². The summed E-state index contributed by atoms with van der Waals surface area (Å²) in [7, 11) is 0. The molecule has 0 spiro atoms. The highest BCUT2D eigenvalue weighted by atomic mass is 35.5. The van der Waals surface area contributed by atoms with Gasteiger partial charge in [0.2, 0.25) is 5.65 Å². The molecule has 12 heteroatoms. The maximum absolute atomic E-state index is 13.6. The van der Waals surface area contributed by atoms with E-state index in [-0.39, 0.29) is 29.9 Å². The molecule has 0 saturated carbocycles. The fourth-order valence-corrected chi connectivity index (χ4v) is 3.98. The van der Waals surface area contributed by atoms with Crippen LogP contribution in [0.15, 0.2) is 52.0 Å². The molecule has 1 aromatic carbocycles. The van der Waals surface area contributed by atoms with Crippen molar-refractivity contribution in [2.75, 3.05) is 5.73 Å². The molecule has 0 atom stereocenters. The van der Waals surface area contributed by atoms with Gasteiger partial charge in [-0.2, -0.15) is 4.68 Å². The largest absolute Gasteiger partial charge is 0.448 e. The van der Waals surface area contributed by atoms with Crippen molar-refractivity contribution in [2.24, 2.45) is 0 Å². The number of hydrogen-bond donors (Lipinski definition) is 2. The second-order valence-corrected chi connectivity index (χ2v) is 7.94. The minimum atomic E-state index is -0.499. The first-order valence-corrected chi connectivity index (χ1v) is 10.5. The SMILES string of the molecule is Cc1ocnc1Cn1nc2c(-c3cc(Cl)nc(CO)c3)c(-c3ccc(F)cc3)[nH+]c(N)n2c1=O. The summed E-state index contributed by atoms with van der Waals surface area (Å²) in [4.78, 5) is 24.5. The van der Waals surface area contributed by atoms with Crippen molar-refractivity contribution < 1.29 is 18.9 Å². The van der Waals surface area contributed by atoms with Crippen molar-refractivity contribution >= 4 is 23.2 Å². The number of aryl methyl sites for hydroxylation is 1. The molecule has 4 heterocycles. The number of halogens is 2. The van der Waals surface area contributed by atoms with E-state index < -0.39 is 11.5 Å². The molecular formula is C22H18ClFN7O3+. The molecule has 0 aliphatic carbocycles. The second kappa shape index (κ2) is 8.36. The Morgan fingerprint density at radius 2 is 2.00 bits per heavy atom. The molecular weight excluding hydrogens is 465 g/mol. The summed E-state index contributed by atoms with van der Waals surface area (Å²) in [6.07, 6.45) is 1.29.